The van der Waals surface area contributed by atoms with E-state index in [2.05, 4.69) is 10.4 Å². The quantitative estimate of drug-likeness (QED) is 0.412. The lowest BCUT2D eigenvalue weighted by atomic mass is 9.96. The average molecular weight is 504 g/mol. The molecular formula is C24H29N3O9. The predicted molar refractivity (Wildman–Crippen MR) is 123 cm³/mol. The lowest BCUT2D eigenvalue weighted by Gasteiger charge is -2.44. The van der Waals surface area contributed by atoms with Crippen LogP contribution in [0.5, 0.6) is 5.88 Å². The summed E-state index contributed by atoms with van der Waals surface area (Å²) in [5.74, 6) is -2.17. The third kappa shape index (κ3) is 6.81. The Bertz CT molecular complexity index is 1100. The van der Waals surface area contributed by atoms with Crippen LogP contribution in [0.15, 0.2) is 36.4 Å². The van der Waals surface area contributed by atoms with Crippen molar-refractivity contribution in [1.82, 2.24) is 15.1 Å². The zero-order valence-electron chi connectivity index (χ0n) is 20.6. The summed E-state index contributed by atoms with van der Waals surface area (Å²) in [5, 5.41) is 7.12. The van der Waals surface area contributed by atoms with Gasteiger partial charge in [-0.25, -0.2) is 4.68 Å². The van der Waals surface area contributed by atoms with Gasteiger partial charge in [-0.1, -0.05) is 18.2 Å². The maximum Gasteiger partial charge on any atom is 0.303 e. The Morgan fingerprint density at radius 3 is 2.19 bits per heavy atom. The van der Waals surface area contributed by atoms with Crippen molar-refractivity contribution in [2.75, 3.05) is 6.61 Å². The summed E-state index contributed by atoms with van der Waals surface area (Å²) in [6.07, 6.45) is -4.75. The second-order valence-corrected chi connectivity index (χ2v) is 8.21. The van der Waals surface area contributed by atoms with E-state index in [-0.39, 0.29) is 12.5 Å². The summed E-state index contributed by atoms with van der Waals surface area (Å²) in [7, 11) is 0. The van der Waals surface area contributed by atoms with E-state index in [0.29, 0.717) is 11.4 Å². The van der Waals surface area contributed by atoms with E-state index >= 15 is 0 Å². The smallest absolute Gasteiger partial charge is 0.303 e. The maximum atomic E-state index is 12.1. The molecule has 1 aromatic carbocycles. The highest BCUT2D eigenvalue weighted by molar-refractivity contribution is 5.73. The van der Waals surface area contributed by atoms with Crippen LogP contribution < -0.4 is 10.1 Å². The topological polar surface area (TPSA) is 144 Å². The molecule has 1 aliphatic rings. The number of carbonyl (C=O) groups excluding carboxylic acids is 4. The van der Waals surface area contributed by atoms with Gasteiger partial charge in [-0.15, -0.1) is 0 Å². The molecular weight excluding hydrogens is 474 g/mol. The van der Waals surface area contributed by atoms with E-state index < -0.39 is 54.5 Å². The zero-order valence-corrected chi connectivity index (χ0v) is 20.6. The molecule has 12 heteroatoms. The van der Waals surface area contributed by atoms with Gasteiger partial charge < -0.3 is 29.0 Å². The normalized spacial score (nSPS) is 23.3. The number of nitrogens with one attached hydrogen (secondary N) is 1. The molecule has 2 aromatic rings. The molecule has 0 saturated carbocycles. The molecule has 1 aromatic heterocycles. The van der Waals surface area contributed by atoms with Crippen molar-refractivity contribution in [2.45, 2.75) is 65.3 Å². The van der Waals surface area contributed by atoms with Crippen LogP contribution in [0.1, 0.15) is 33.4 Å². The molecule has 1 saturated heterocycles. The Balaban J connectivity index is 2.03. The number of aromatic nitrogens is 2. The summed E-state index contributed by atoms with van der Waals surface area (Å²) >= 11 is 0. The van der Waals surface area contributed by atoms with Crippen LogP contribution in [-0.2, 0) is 38.1 Å². The summed E-state index contributed by atoms with van der Waals surface area (Å²) in [6, 6.07) is 9.76. The minimum Gasteiger partial charge on any atom is -0.463 e. The molecule has 1 N–H and O–H groups in total. The van der Waals surface area contributed by atoms with E-state index in [4.69, 9.17) is 23.7 Å². The van der Waals surface area contributed by atoms with Gasteiger partial charge in [-0.2, -0.15) is 5.10 Å². The number of ether oxygens (including phenoxy) is 5. The fourth-order valence-electron chi connectivity index (χ4n) is 3.82. The number of hydrogen-bond donors (Lipinski definition) is 1. The van der Waals surface area contributed by atoms with Crippen molar-refractivity contribution in [3.8, 4) is 11.6 Å². The fraction of sp³-hybridized carbons (Fsp3) is 0.458. The largest absolute Gasteiger partial charge is 0.463 e. The molecule has 1 fully saturated rings. The highest BCUT2D eigenvalue weighted by Gasteiger charge is 2.52. The molecule has 0 spiro atoms. The zero-order chi connectivity index (χ0) is 26.4. The molecule has 1 unspecified atom stereocenters. The van der Waals surface area contributed by atoms with E-state index in [1.165, 1.54) is 27.7 Å². The highest BCUT2D eigenvalue weighted by Crippen LogP contribution is 2.30. The van der Waals surface area contributed by atoms with Gasteiger partial charge in [0.2, 0.25) is 18.1 Å². The van der Waals surface area contributed by atoms with E-state index in [9.17, 15) is 19.2 Å². The van der Waals surface area contributed by atoms with Crippen LogP contribution >= 0.6 is 0 Å². The first-order valence-corrected chi connectivity index (χ1v) is 11.2. The van der Waals surface area contributed by atoms with Gasteiger partial charge in [0.15, 0.2) is 12.2 Å². The average Bonchev–Trinajstić information content (AvgIpc) is 3.16. The van der Waals surface area contributed by atoms with Crippen LogP contribution in [0.4, 0.5) is 0 Å². The Morgan fingerprint density at radius 1 is 0.972 bits per heavy atom. The van der Waals surface area contributed by atoms with Gasteiger partial charge in [-0.05, 0) is 19.1 Å². The minimum absolute atomic E-state index is 0.276. The standard InChI is InChI=1S/C24H29N3O9/c1-13-11-20(27(26-13)18-9-7-6-8-10-18)36-24-21(25-14(2)28)23(34-17(5)31)22(33-16(4)30)19(35-24)12-32-15(3)29/h6-11,19,21-24H,12H2,1-5H3,(H,25,28)/t19-,21-,22-,23-,24?/m1/s1. The summed E-state index contributed by atoms with van der Waals surface area (Å²) < 4.78 is 29.8. The number of aryl methyl sites for hydroxylation is 1. The third-order valence-electron chi connectivity index (χ3n) is 5.11. The lowest BCUT2D eigenvalue weighted by Crippen LogP contribution is -2.67. The van der Waals surface area contributed by atoms with Crippen LogP contribution in [0.2, 0.25) is 0 Å². The Morgan fingerprint density at radius 2 is 1.61 bits per heavy atom. The molecule has 3 rings (SSSR count). The number of benzene rings is 1. The molecule has 12 nitrogen and oxygen atoms in total. The summed E-state index contributed by atoms with van der Waals surface area (Å²) in [6.45, 7) is 6.28. The number of esters is 3. The number of rotatable bonds is 8. The van der Waals surface area contributed by atoms with Gasteiger partial charge in [0.1, 0.15) is 18.8 Å². The minimum atomic E-state index is -1.25. The first-order chi connectivity index (χ1) is 17.0. The molecule has 194 valence electrons. The van der Waals surface area contributed by atoms with E-state index in [1.807, 2.05) is 30.3 Å². The van der Waals surface area contributed by atoms with Crippen LogP contribution in [0, 0.1) is 6.92 Å². The van der Waals surface area contributed by atoms with Crippen molar-refractivity contribution in [3.05, 3.63) is 42.1 Å². The van der Waals surface area contributed by atoms with Crippen molar-refractivity contribution in [2.24, 2.45) is 0 Å². The highest BCUT2D eigenvalue weighted by atomic mass is 16.7. The molecule has 0 aliphatic carbocycles. The fourth-order valence-corrected chi connectivity index (χ4v) is 3.82. The van der Waals surface area contributed by atoms with E-state index in [0.717, 1.165) is 0 Å². The second kappa shape index (κ2) is 11.7. The SMILES string of the molecule is CC(=O)N[C@H]1C(Oc2cc(C)nn2-c2ccccc2)O[C@H](COC(C)=O)[C@@H](OC(C)=O)[C@@H]1OC(C)=O. The number of amides is 1. The van der Waals surface area contributed by atoms with Gasteiger partial charge >= 0.3 is 17.9 Å². The Hall–Kier alpha value is -3.93. The molecule has 1 amide bonds. The van der Waals surface area contributed by atoms with Crippen LogP contribution in [0.3, 0.4) is 0 Å². The molecule has 0 radical (unpaired) electrons. The van der Waals surface area contributed by atoms with Gasteiger partial charge in [0.05, 0.1) is 11.4 Å². The molecule has 5 atom stereocenters. The maximum absolute atomic E-state index is 12.1. The summed E-state index contributed by atoms with van der Waals surface area (Å²) in [5.41, 5.74) is 1.35. The molecule has 1 aliphatic heterocycles. The van der Waals surface area contributed by atoms with Crippen LogP contribution in [-0.4, -0.2) is 70.8 Å². The first-order valence-electron chi connectivity index (χ1n) is 11.2. The molecule has 2 heterocycles. The van der Waals surface area contributed by atoms with Crippen molar-refractivity contribution < 1.29 is 42.9 Å². The Kier molecular flexibility index (Phi) is 8.64. The van der Waals surface area contributed by atoms with Gasteiger partial charge in [0.25, 0.3) is 0 Å². The number of carbonyl (C=O) groups is 4. The van der Waals surface area contributed by atoms with E-state index in [1.54, 1.807) is 17.7 Å². The second-order valence-electron chi connectivity index (χ2n) is 8.21. The van der Waals surface area contributed by atoms with Crippen molar-refractivity contribution in [3.63, 3.8) is 0 Å². The van der Waals surface area contributed by atoms with Crippen LogP contribution in [0.25, 0.3) is 5.69 Å². The number of hydrogen-bond acceptors (Lipinski definition) is 10. The van der Waals surface area contributed by atoms with Crippen molar-refractivity contribution in [1.29, 1.82) is 0 Å². The number of para-hydroxylation sites is 1. The Labute approximate surface area is 207 Å². The monoisotopic (exact) mass is 503 g/mol. The number of nitrogens with zero attached hydrogens (tertiary/aromatic N) is 2. The molecule has 0 bridgehead atoms. The summed E-state index contributed by atoms with van der Waals surface area (Å²) in [4.78, 5) is 47.5. The van der Waals surface area contributed by atoms with Gasteiger partial charge in [0, 0.05) is 33.8 Å². The lowest BCUT2D eigenvalue weighted by molar-refractivity contribution is -0.257. The predicted octanol–water partition coefficient (Wildman–Crippen LogP) is 1.22. The first kappa shape index (κ1) is 26.7. The molecule has 36 heavy (non-hydrogen) atoms. The van der Waals surface area contributed by atoms with Crippen molar-refractivity contribution >= 4 is 23.8 Å². The van der Waals surface area contributed by atoms with Gasteiger partial charge in [-0.3, -0.25) is 19.2 Å². The third-order valence-corrected chi connectivity index (χ3v) is 5.11.